The van der Waals surface area contributed by atoms with Gasteiger partial charge in [-0.3, -0.25) is 0 Å². The molecule has 0 aromatic carbocycles. The first kappa shape index (κ1) is 9.01. The average Bonchev–Trinajstić information content (AvgIpc) is 1.82. The monoisotopic (exact) mass is 194 g/mol. The maximum Gasteiger partial charge on any atom is 0.245 e. The summed E-state index contributed by atoms with van der Waals surface area (Å²) in [6.45, 7) is 0. The number of nitrogens with zero attached hydrogens (tertiary/aromatic N) is 1. The second-order valence-corrected chi connectivity index (χ2v) is 3.46. The van der Waals surface area contributed by atoms with E-state index in [1.54, 1.807) is 0 Å². The second kappa shape index (κ2) is 2.76. The van der Waals surface area contributed by atoms with Gasteiger partial charge in [0.05, 0.1) is 0 Å². The summed E-state index contributed by atoms with van der Waals surface area (Å²) in [4.78, 5) is 1.74. The third-order valence-corrected chi connectivity index (χ3v) is 2.03. The zero-order valence-corrected chi connectivity index (χ0v) is 6.48. The van der Waals surface area contributed by atoms with Crippen molar-refractivity contribution in [2.75, 3.05) is 0 Å². The minimum absolute atomic E-state index is 0.711. The van der Waals surface area contributed by atoms with Crippen LogP contribution in [-0.2, 0) is 10.0 Å². The minimum atomic E-state index is -4.38. The first-order valence-electron chi connectivity index (χ1n) is 2.75. The molecule has 1 rings (SSSR count). The third kappa shape index (κ3) is 1.56. The van der Waals surface area contributed by atoms with Crippen LogP contribution in [0.5, 0.6) is 0 Å². The molecule has 0 bridgehead atoms. The van der Waals surface area contributed by atoms with Crippen LogP contribution in [0.2, 0.25) is 0 Å². The summed E-state index contributed by atoms with van der Waals surface area (Å²) in [7, 11) is -4.38. The number of aromatic nitrogens is 1. The Hall–Kier alpha value is -1.08. The molecule has 0 saturated heterocycles. The number of hydrogen-bond acceptors (Lipinski definition) is 3. The molecule has 0 radical (unpaired) electrons. The summed E-state index contributed by atoms with van der Waals surface area (Å²) in [6.07, 6.45) is 0.805. The van der Waals surface area contributed by atoms with E-state index in [1.165, 1.54) is 0 Å². The van der Waals surface area contributed by atoms with E-state index in [4.69, 9.17) is 0 Å². The molecule has 0 spiro atoms. The normalized spacial score (nSPS) is 11.6. The van der Waals surface area contributed by atoms with Crippen LogP contribution in [0.3, 0.4) is 0 Å². The van der Waals surface area contributed by atoms with Gasteiger partial charge in [-0.05, 0) is 6.07 Å². The summed E-state index contributed by atoms with van der Waals surface area (Å²) < 4.78 is 46.2. The van der Waals surface area contributed by atoms with Crippen molar-refractivity contribution in [2.45, 2.75) is 4.90 Å². The van der Waals surface area contributed by atoms with Crippen molar-refractivity contribution in [3.05, 3.63) is 24.0 Å². The van der Waals surface area contributed by atoms with Crippen molar-refractivity contribution in [1.29, 1.82) is 0 Å². The van der Waals surface area contributed by atoms with E-state index in [-0.39, 0.29) is 0 Å². The van der Waals surface area contributed by atoms with Gasteiger partial charge < -0.3 is 0 Å². The fraction of sp³-hybridized carbons (Fsp3) is 0. The van der Waals surface area contributed by atoms with E-state index in [1.807, 2.05) is 0 Å². The van der Waals surface area contributed by atoms with Crippen molar-refractivity contribution in [2.24, 2.45) is 5.14 Å². The number of primary sulfonamides is 1. The van der Waals surface area contributed by atoms with Crippen molar-refractivity contribution in [3.63, 3.8) is 0 Å². The molecule has 1 heterocycles. The number of hydrogen-bond donors (Lipinski definition) is 1. The van der Waals surface area contributed by atoms with Gasteiger partial charge in [0.1, 0.15) is 5.82 Å². The van der Waals surface area contributed by atoms with Crippen molar-refractivity contribution < 1.29 is 17.2 Å². The van der Waals surface area contributed by atoms with E-state index >= 15 is 0 Å². The van der Waals surface area contributed by atoms with Gasteiger partial charge in [-0.2, -0.15) is 4.39 Å². The highest BCUT2D eigenvalue weighted by molar-refractivity contribution is 7.89. The SMILES string of the molecule is NS(=O)(=O)c1c(F)ccnc1F. The Labute approximate surface area is 67.1 Å². The molecule has 1 aromatic heterocycles. The molecular formula is C5H4F2N2O2S. The molecule has 0 fully saturated rings. The third-order valence-electron chi connectivity index (χ3n) is 1.10. The number of pyridine rings is 1. The van der Waals surface area contributed by atoms with Gasteiger partial charge in [0.15, 0.2) is 4.90 Å². The standard InChI is InChI=1S/C5H4F2N2O2S/c6-3-1-2-9-5(7)4(3)12(8,10)11/h1-2H,(H2,8,10,11). The second-order valence-electron chi connectivity index (χ2n) is 1.96. The lowest BCUT2D eigenvalue weighted by atomic mass is 10.5. The van der Waals surface area contributed by atoms with Crippen LogP contribution in [0.1, 0.15) is 0 Å². The van der Waals surface area contributed by atoms with Crippen molar-refractivity contribution in [1.82, 2.24) is 4.98 Å². The zero-order chi connectivity index (χ0) is 9.35. The summed E-state index contributed by atoms with van der Waals surface area (Å²) in [5.74, 6) is -2.68. The van der Waals surface area contributed by atoms with Crippen LogP contribution >= 0.6 is 0 Å². The molecule has 0 atom stereocenters. The van der Waals surface area contributed by atoms with E-state index < -0.39 is 26.7 Å². The van der Waals surface area contributed by atoms with Gasteiger partial charge in [-0.25, -0.2) is 22.9 Å². The molecule has 0 aliphatic carbocycles. The predicted octanol–water partition coefficient (Wildman–Crippen LogP) is 0.00720. The number of halogens is 2. The molecule has 0 amide bonds. The van der Waals surface area contributed by atoms with Gasteiger partial charge in [-0.1, -0.05) is 0 Å². The summed E-state index contributed by atoms with van der Waals surface area (Å²) in [5, 5.41) is 4.51. The molecule has 0 aliphatic rings. The average molecular weight is 194 g/mol. The maximum atomic E-state index is 12.6. The predicted molar refractivity (Wildman–Crippen MR) is 35.5 cm³/mol. The molecule has 0 aliphatic heterocycles. The van der Waals surface area contributed by atoms with Crippen LogP contribution in [-0.4, -0.2) is 13.4 Å². The molecule has 0 unspecified atom stereocenters. The Morgan fingerprint density at radius 1 is 1.42 bits per heavy atom. The fourth-order valence-electron chi connectivity index (χ4n) is 0.654. The van der Waals surface area contributed by atoms with Gasteiger partial charge in [0.25, 0.3) is 0 Å². The fourth-order valence-corrected chi connectivity index (χ4v) is 1.28. The lowest BCUT2D eigenvalue weighted by Gasteiger charge is -1.98. The van der Waals surface area contributed by atoms with Gasteiger partial charge in [-0.15, -0.1) is 0 Å². The highest BCUT2D eigenvalue weighted by Gasteiger charge is 2.20. The first-order valence-corrected chi connectivity index (χ1v) is 4.30. The molecule has 2 N–H and O–H groups in total. The van der Waals surface area contributed by atoms with Crippen LogP contribution in [0.15, 0.2) is 17.2 Å². The van der Waals surface area contributed by atoms with Crippen LogP contribution in [0.4, 0.5) is 8.78 Å². The minimum Gasteiger partial charge on any atom is -0.227 e. The summed E-state index contributed by atoms with van der Waals surface area (Å²) in [5.41, 5.74) is 0. The Morgan fingerprint density at radius 3 is 2.33 bits per heavy atom. The van der Waals surface area contributed by atoms with Crippen LogP contribution in [0, 0.1) is 11.8 Å². The zero-order valence-electron chi connectivity index (χ0n) is 5.66. The maximum absolute atomic E-state index is 12.6. The van der Waals surface area contributed by atoms with Gasteiger partial charge >= 0.3 is 0 Å². The van der Waals surface area contributed by atoms with E-state index in [0.717, 1.165) is 6.20 Å². The first-order chi connectivity index (χ1) is 5.43. The number of rotatable bonds is 1. The molecular weight excluding hydrogens is 190 g/mol. The highest BCUT2D eigenvalue weighted by atomic mass is 32.2. The quantitative estimate of drug-likeness (QED) is 0.640. The molecule has 7 heteroatoms. The molecule has 1 aromatic rings. The molecule has 0 saturated carbocycles. The number of sulfonamides is 1. The molecule has 66 valence electrons. The highest BCUT2D eigenvalue weighted by Crippen LogP contribution is 2.13. The molecule has 4 nitrogen and oxygen atoms in total. The smallest absolute Gasteiger partial charge is 0.227 e. The Bertz CT molecular complexity index is 384. The molecule has 12 heavy (non-hydrogen) atoms. The van der Waals surface area contributed by atoms with Crippen LogP contribution < -0.4 is 5.14 Å². The van der Waals surface area contributed by atoms with E-state index in [9.17, 15) is 17.2 Å². The van der Waals surface area contributed by atoms with Crippen molar-refractivity contribution in [3.8, 4) is 0 Å². The largest absolute Gasteiger partial charge is 0.245 e. The topological polar surface area (TPSA) is 73.1 Å². The van der Waals surface area contributed by atoms with Crippen LogP contribution in [0.25, 0.3) is 0 Å². The van der Waals surface area contributed by atoms with E-state index in [0.29, 0.717) is 6.07 Å². The van der Waals surface area contributed by atoms with Gasteiger partial charge in [0.2, 0.25) is 16.0 Å². The number of nitrogens with two attached hydrogens (primary N) is 1. The Kier molecular flexibility index (Phi) is 2.07. The van der Waals surface area contributed by atoms with Crippen molar-refractivity contribution >= 4 is 10.0 Å². The lowest BCUT2D eigenvalue weighted by molar-refractivity contribution is 0.494. The van der Waals surface area contributed by atoms with Gasteiger partial charge in [0, 0.05) is 6.20 Å². The lowest BCUT2D eigenvalue weighted by Crippen LogP contribution is -2.16. The summed E-state index contributed by atoms with van der Waals surface area (Å²) in [6, 6.07) is 0.711. The Morgan fingerprint density at radius 2 is 2.00 bits per heavy atom. The van der Waals surface area contributed by atoms with E-state index in [2.05, 4.69) is 10.1 Å². The summed E-state index contributed by atoms with van der Waals surface area (Å²) >= 11 is 0. The Balaban J connectivity index is 3.53.